The van der Waals surface area contributed by atoms with E-state index < -0.39 is 4.92 Å². The highest BCUT2D eigenvalue weighted by molar-refractivity contribution is 5.64. The maximum Gasteiger partial charge on any atom is 0.273 e. The Kier molecular flexibility index (Phi) is 2.17. The summed E-state index contributed by atoms with van der Waals surface area (Å²) in [6.45, 7) is 1.65. The minimum Gasteiger partial charge on any atom is -0.423 e. The van der Waals surface area contributed by atoms with Crippen molar-refractivity contribution < 1.29 is 9.34 Å². The van der Waals surface area contributed by atoms with Crippen molar-refractivity contribution in [3.05, 3.63) is 40.3 Å². The standard InChI is InChI=1S/C9H7N3O3/c1-6-7(9-11-10-5-15-9)3-2-4-8(6)12(13)14/h2-5H,1H3. The van der Waals surface area contributed by atoms with Crippen molar-refractivity contribution in [2.24, 2.45) is 0 Å². The molecule has 0 aliphatic heterocycles. The summed E-state index contributed by atoms with van der Waals surface area (Å²) in [6, 6.07) is 4.73. The van der Waals surface area contributed by atoms with E-state index in [-0.39, 0.29) is 11.6 Å². The summed E-state index contributed by atoms with van der Waals surface area (Å²) in [7, 11) is 0. The number of hydrogen-bond donors (Lipinski definition) is 0. The van der Waals surface area contributed by atoms with Crippen LogP contribution < -0.4 is 0 Å². The zero-order valence-electron chi connectivity index (χ0n) is 7.88. The second-order valence-electron chi connectivity index (χ2n) is 2.95. The lowest BCUT2D eigenvalue weighted by atomic mass is 10.1. The normalized spacial score (nSPS) is 10.2. The Morgan fingerprint density at radius 3 is 2.87 bits per heavy atom. The van der Waals surface area contributed by atoms with Gasteiger partial charge in [-0.25, -0.2) is 0 Å². The number of aromatic nitrogens is 2. The maximum atomic E-state index is 10.7. The Labute approximate surface area is 84.7 Å². The molecule has 0 saturated heterocycles. The molecule has 0 atom stereocenters. The van der Waals surface area contributed by atoms with E-state index in [0.29, 0.717) is 11.1 Å². The van der Waals surface area contributed by atoms with Crippen molar-refractivity contribution >= 4 is 5.69 Å². The summed E-state index contributed by atoms with van der Waals surface area (Å²) in [5, 5.41) is 17.9. The van der Waals surface area contributed by atoms with Gasteiger partial charge in [-0.2, -0.15) is 0 Å². The first-order valence-corrected chi connectivity index (χ1v) is 4.20. The Balaban J connectivity index is 2.59. The molecule has 0 unspecified atom stereocenters. The summed E-state index contributed by atoms with van der Waals surface area (Å²) in [6.07, 6.45) is 1.19. The Morgan fingerprint density at radius 1 is 1.47 bits per heavy atom. The number of nitrogens with zero attached hydrogens (tertiary/aromatic N) is 3. The monoisotopic (exact) mass is 205 g/mol. The van der Waals surface area contributed by atoms with E-state index >= 15 is 0 Å². The van der Waals surface area contributed by atoms with Crippen molar-refractivity contribution in [3.63, 3.8) is 0 Å². The van der Waals surface area contributed by atoms with Crippen molar-refractivity contribution in [2.75, 3.05) is 0 Å². The summed E-state index contributed by atoms with van der Waals surface area (Å²) in [5.74, 6) is 0.288. The maximum absolute atomic E-state index is 10.7. The summed E-state index contributed by atoms with van der Waals surface area (Å²) in [5.41, 5.74) is 1.15. The van der Waals surface area contributed by atoms with Crippen LogP contribution in [0.15, 0.2) is 29.0 Å². The fourth-order valence-electron chi connectivity index (χ4n) is 1.34. The van der Waals surface area contributed by atoms with Crippen LogP contribution in [0.5, 0.6) is 0 Å². The summed E-state index contributed by atoms with van der Waals surface area (Å²) < 4.78 is 4.99. The van der Waals surface area contributed by atoms with Crippen LogP contribution in [0.4, 0.5) is 5.69 Å². The van der Waals surface area contributed by atoms with Gasteiger partial charge in [-0.3, -0.25) is 10.1 Å². The third-order valence-corrected chi connectivity index (χ3v) is 2.09. The van der Waals surface area contributed by atoms with E-state index in [0.717, 1.165) is 0 Å². The molecule has 0 aliphatic rings. The summed E-state index contributed by atoms with van der Waals surface area (Å²) >= 11 is 0. The van der Waals surface area contributed by atoms with Crippen LogP contribution in [0.25, 0.3) is 11.5 Å². The van der Waals surface area contributed by atoms with Crippen molar-refractivity contribution in [1.82, 2.24) is 10.2 Å². The minimum absolute atomic E-state index is 0.0469. The number of nitro groups is 1. The summed E-state index contributed by atoms with van der Waals surface area (Å²) in [4.78, 5) is 10.2. The molecular weight excluding hydrogens is 198 g/mol. The first-order chi connectivity index (χ1) is 7.20. The second kappa shape index (κ2) is 3.49. The van der Waals surface area contributed by atoms with Crippen molar-refractivity contribution in [2.45, 2.75) is 6.92 Å². The third kappa shape index (κ3) is 1.56. The van der Waals surface area contributed by atoms with Gasteiger partial charge in [-0.05, 0) is 13.0 Å². The van der Waals surface area contributed by atoms with Gasteiger partial charge in [0.1, 0.15) is 0 Å². The largest absolute Gasteiger partial charge is 0.423 e. The molecule has 1 heterocycles. The number of rotatable bonds is 2. The number of hydrogen-bond acceptors (Lipinski definition) is 5. The minimum atomic E-state index is -0.435. The first-order valence-electron chi connectivity index (χ1n) is 4.20. The molecule has 0 aliphatic carbocycles. The lowest BCUT2D eigenvalue weighted by Gasteiger charge is -2.00. The predicted molar refractivity (Wildman–Crippen MR) is 51.1 cm³/mol. The molecule has 0 amide bonds. The van der Waals surface area contributed by atoms with Gasteiger partial charge in [0.05, 0.1) is 4.92 Å². The van der Waals surface area contributed by atoms with E-state index in [1.165, 1.54) is 12.5 Å². The van der Waals surface area contributed by atoms with Gasteiger partial charge < -0.3 is 4.42 Å². The Hall–Kier alpha value is -2.24. The van der Waals surface area contributed by atoms with Crippen LogP contribution in [0.2, 0.25) is 0 Å². The van der Waals surface area contributed by atoms with Gasteiger partial charge in [0.15, 0.2) is 0 Å². The van der Waals surface area contributed by atoms with E-state index in [1.807, 2.05) is 0 Å². The smallest absolute Gasteiger partial charge is 0.273 e. The lowest BCUT2D eigenvalue weighted by molar-refractivity contribution is -0.385. The second-order valence-corrected chi connectivity index (χ2v) is 2.95. The third-order valence-electron chi connectivity index (χ3n) is 2.09. The topological polar surface area (TPSA) is 82.1 Å². The van der Waals surface area contributed by atoms with E-state index in [2.05, 4.69) is 10.2 Å². The molecule has 0 fully saturated rings. The van der Waals surface area contributed by atoms with Crippen molar-refractivity contribution in [3.8, 4) is 11.5 Å². The average molecular weight is 205 g/mol. The highest BCUT2D eigenvalue weighted by atomic mass is 16.6. The molecule has 1 aromatic heterocycles. The van der Waals surface area contributed by atoms with Gasteiger partial charge in [0, 0.05) is 17.2 Å². The molecule has 0 radical (unpaired) electrons. The number of benzene rings is 1. The molecule has 0 spiro atoms. The molecule has 0 bridgehead atoms. The molecular formula is C9H7N3O3. The van der Waals surface area contributed by atoms with Gasteiger partial charge in [0.25, 0.3) is 5.69 Å². The number of nitro benzene ring substituents is 1. The highest BCUT2D eigenvalue weighted by Gasteiger charge is 2.16. The van der Waals surface area contributed by atoms with Crippen LogP contribution in [0.1, 0.15) is 5.56 Å². The predicted octanol–water partition coefficient (Wildman–Crippen LogP) is 1.95. The van der Waals surface area contributed by atoms with Crippen LogP contribution in [0.3, 0.4) is 0 Å². The van der Waals surface area contributed by atoms with Crippen LogP contribution in [0, 0.1) is 17.0 Å². The van der Waals surface area contributed by atoms with Crippen LogP contribution in [-0.2, 0) is 0 Å². The molecule has 2 rings (SSSR count). The first kappa shape index (κ1) is 9.32. The molecule has 2 aromatic rings. The fraction of sp³-hybridized carbons (Fsp3) is 0.111. The van der Waals surface area contributed by atoms with E-state index in [4.69, 9.17) is 4.42 Å². The van der Waals surface area contributed by atoms with Gasteiger partial charge >= 0.3 is 0 Å². The zero-order chi connectivity index (χ0) is 10.8. The molecule has 1 aromatic carbocycles. The molecule has 0 N–H and O–H groups in total. The van der Waals surface area contributed by atoms with Gasteiger partial charge in [-0.1, -0.05) is 6.07 Å². The molecule has 6 nitrogen and oxygen atoms in total. The Bertz CT molecular complexity index is 493. The molecule has 0 saturated carbocycles. The van der Waals surface area contributed by atoms with Crippen LogP contribution in [-0.4, -0.2) is 15.1 Å². The van der Waals surface area contributed by atoms with E-state index in [9.17, 15) is 10.1 Å². The quantitative estimate of drug-likeness (QED) is 0.552. The fourth-order valence-corrected chi connectivity index (χ4v) is 1.34. The molecule has 15 heavy (non-hydrogen) atoms. The van der Waals surface area contributed by atoms with Crippen LogP contribution >= 0.6 is 0 Å². The van der Waals surface area contributed by atoms with Gasteiger partial charge in [-0.15, -0.1) is 10.2 Å². The lowest BCUT2D eigenvalue weighted by Crippen LogP contribution is -1.93. The zero-order valence-corrected chi connectivity index (χ0v) is 7.88. The SMILES string of the molecule is Cc1c(-c2nnco2)cccc1[N+](=O)[O-]. The van der Waals surface area contributed by atoms with Gasteiger partial charge in [0.2, 0.25) is 12.3 Å². The van der Waals surface area contributed by atoms with E-state index in [1.54, 1.807) is 19.1 Å². The van der Waals surface area contributed by atoms with Crippen molar-refractivity contribution in [1.29, 1.82) is 0 Å². The average Bonchev–Trinajstić information content (AvgIpc) is 2.70. The molecule has 6 heteroatoms. The molecule has 76 valence electrons. The Morgan fingerprint density at radius 2 is 2.27 bits per heavy atom. The highest BCUT2D eigenvalue weighted by Crippen LogP contribution is 2.27.